The first-order valence-electron chi connectivity index (χ1n) is 6.12. The fourth-order valence-corrected chi connectivity index (χ4v) is 1.78. The van der Waals surface area contributed by atoms with Crippen LogP contribution in [0.3, 0.4) is 0 Å². The van der Waals surface area contributed by atoms with E-state index in [1.807, 2.05) is 24.3 Å². The predicted octanol–water partition coefficient (Wildman–Crippen LogP) is 1.74. The molecular formula is C14H17N3O2. The van der Waals surface area contributed by atoms with Crippen molar-refractivity contribution in [3.8, 4) is 5.75 Å². The summed E-state index contributed by atoms with van der Waals surface area (Å²) in [5.41, 5.74) is 1.76. The largest absolute Gasteiger partial charge is 0.497 e. The number of nitrogens with zero attached hydrogens (tertiary/aromatic N) is 1. The van der Waals surface area contributed by atoms with Gasteiger partial charge in [-0.15, -0.1) is 0 Å². The number of nitrogens with one attached hydrogen (secondary N) is 2. The van der Waals surface area contributed by atoms with Gasteiger partial charge in [0, 0.05) is 18.3 Å². The quantitative estimate of drug-likeness (QED) is 0.858. The van der Waals surface area contributed by atoms with Gasteiger partial charge in [0.2, 0.25) is 5.95 Å². The number of anilines is 1. The molecule has 0 amide bonds. The minimum absolute atomic E-state index is 0.139. The molecule has 1 heterocycles. The lowest BCUT2D eigenvalue weighted by molar-refractivity contribution is 0.414. The molecule has 0 atom stereocenters. The number of aromatic nitrogens is 2. The molecule has 0 spiro atoms. The van der Waals surface area contributed by atoms with Gasteiger partial charge in [-0.05, 0) is 31.0 Å². The topological polar surface area (TPSA) is 67.0 Å². The average molecular weight is 259 g/mol. The molecule has 0 unspecified atom stereocenters. The predicted molar refractivity (Wildman–Crippen MR) is 74.8 cm³/mol. The van der Waals surface area contributed by atoms with Crippen molar-refractivity contribution >= 4 is 5.95 Å². The number of ether oxygens (including phenoxy) is 1. The van der Waals surface area contributed by atoms with E-state index in [2.05, 4.69) is 15.3 Å². The minimum atomic E-state index is -0.139. The summed E-state index contributed by atoms with van der Waals surface area (Å²) in [6, 6.07) is 9.37. The Morgan fingerprint density at radius 2 is 2.05 bits per heavy atom. The van der Waals surface area contributed by atoms with Gasteiger partial charge in [-0.1, -0.05) is 12.1 Å². The first-order valence-corrected chi connectivity index (χ1v) is 6.12. The van der Waals surface area contributed by atoms with Crippen molar-refractivity contribution in [1.82, 2.24) is 9.97 Å². The van der Waals surface area contributed by atoms with E-state index >= 15 is 0 Å². The zero-order valence-corrected chi connectivity index (χ0v) is 11.1. The van der Waals surface area contributed by atoms with E-state index in [9.17, 15) is 4.79 Å². The third kappa shape index (κ3) is 3.84. The van der Waals surface area contributed by atoms with Crippen LogP contribution in [-0.2, 0) is 6.42 Å². The van der Waals surface area contributed by atoms with Crippen molar-refractivity contribution in [3.05, 3.63) is 51.9 Å². The van der Waals surface area contributed by atoms with E-state index in [4.69, 9.17) is 4.74 Å². The number of benzene rings is 1. The number of aryl methyl sites for hydroxylation is 1. The second kappa shape index (κ2) is 6.04. The standard InChI is InChI=1S/C14H17N3O2/c1-10-9-13(18)17-14(16-10)15-8-7-11-3-5-12(19-2)6-4-11/h3-6,9H,7-8H2,1-2H3,(H2,15,16,17,18). The van der Waals surface area contributed by atoms with Crippen LogP contribution in [0.15, 0.2) is 35.1 Å². The number of rotatable bonds is 5. The lowest BCUT2D eigenvalue weighted by Gasteiger charge is -2.06. The van der Waals surface area contributed by atoms with Gasteiger partial charge in [0.15, 0.2) is 0 Å². The Hall–Kier alpha value is -2.30. The molecule has 2 aromatic rings. The summed E-state index contributed by atoms with van der Waals surface area (Å²) >= 11 is 0. The van der Waals surface area contributed by atoms with Crippen LogP contribution in [0.5, 0.6) is 5.75 Å². The second-order valence-corrected chi connectivity index (χ2v) is 4.26. The smallest absolute Gasteiger partial charge is 0.252 e. The third-order valence-corrected chi connectivity index (χ3v) is 2.73. The van der Waals surface area contributed by atoms with Crippen LogP contribution in [0.1, 0.15) is 11.3 Å². The van der Waals surface area contributed by atoms with Crippen LogP contribution in [0.4, 0.5) is 5.95 Å². The van der Waals surface area contributed by atoms with Crippen LogP contribution < -0.4 is 15.6 Å². The van der Waals surface area contributed by atoms with Gasteiger partial charge in [0.05, 0.1) is 7.11 Å². The van der Waals surface area contributed by atoms with Crippen LogP contribution in [0.2, 0.25) is 0 Å². The Morgan fingerprint density at radius 3 is 2.68 bits per heavy atom. The van der Waals surface area contributed by atoms with E-state index in [1.165, 1.54) is 11.6 Å². The molecule has 0 aliphatic carbocycles. The number of aromatic amines is 1. The Labute approximate surface area is 111 Å². The molecule has 2 N–H and O–H groups in total. The monoisotopic (exact) mass is 259 g/mol. The molecule has 2 rings (SSSR count). The highest BCUT2D eigenvalue weighted by molar-refractivity contribution is 5.29. The van der Waals surface area contributed by atoms with Gasteiger partial charge in [-0.2, -0.15) is 0 Å². The maximum absolute atomic E-state index is 11.3. The van der Waals surface area contributed by atoms with Crippen LogP contribution in [0.25, 0.3) is 0 Å². The van der Waals surface area contributed by atoms with Crippen molar-refractivity contribution in [2.75, 3.05) is 19.0 Å². The summed E-state index contributed by atoms with van der Waals surface area (Å²) < 4.78 is 5.10. The van der Waals surface area contributed by atoms with Gasteiger partial charge >= 0.3 is 0 Å². The summed E-state index contributed by atoms with van der Waals surface area (Å²) in [6.07, 6.45) is 0.849. The maximum atomic E-state index is 11.3. The Kier molecular flexibility index (Phi) is 4.18. The van der Waals surface area contributed by atoms with Crippen LogP contribution in [-0.4, -0.2) is 23.6 Å². The molecule has 0 fully saturated rings. The fraction of sp³-hybridized carbons (Fsp3) is 0.286. The molecular weight excluding hydrogens is 242 g/mol. The normalized spacial score (nSPS) is 10.2. The molecule has 1 aromatic carbocycles. The number of hydrogen-bond donors (Lipinski definition) is 2. The van der Waals surface area contributed by atoms with Crippen LogP contribution >= 0.6 is 0 Å². The van der Waals surface area contributed by atoms with E-state index in [0.717, 1.165) is 12.2 Å². The highest BCUT2D eigenvalue weighted by atomic mass is 16.5. The lowest BCUT2D eigenvalue weighted by atomic mass is 10.1. The summed E-state index contributed by atoms with van der Waals surface area (Å²) in [7, 11) is 1.65. The summed E-state index contributed by atoms with van der Waals surface area (Å²) in [5.74, 6) is 1.36. The van der Waals surface area contributed by atoms with E-state index in [0.29, 0.717) is 18.2 Å². The first kappa shape index (κ1) is 13.1. The summed E-state index contributed by atoms with van der Waals surface area (Å²) in [6.45, 7) is 2.50. The number of methoxy groups -OCH3 is 1. The number of H-pyrrole nitrogens is 1. The molecule has 0 saturated heterocycles. The first-order chi connectivity index (χ1) is 9.17. The minimum Gasteiger partial charge on any atom is -0.497 e. The van der Waals surface area contributed by atoms with E-state index < -0.39 is 0 Å². The lowest BCUT2D eigenvalue weighted by Crippen LogP contribution is -2.14. The SMILES string of the molecule is COc1ccc(CCNc2nc(C)cc(=O)[nH]2)cc1. The van der Waals surface area contributed by atoms with Gasteiger partial charge < -0.3 is 10.1 Å². The zero-order chi connectivity index (χ0) is 13.7. The van der Waals surface area contributed by atoms with Crippen LogP contribution in [0, 0.1) is 6.92 Å². The Bertz CT molecular complexity index is 590. The van der Waals surface area contributed by atoms with Gasteiger partial charge in [-0.25, -0.2) is 4.98 Å². The van der Waals surface area contributed by atoms with Crippen molar-refractivity contribution < 1.29 is 4.74 Å². The zero-order valence-electron chi connectivity index (χ0n) is 11.1. The third-order valence-electron chi connectivity index (χ3n) is 2.73. The molecule has 100 valence electrons. The second-order valence-electron chi connectivity index (χ2n) is 4.26. The highest BCUT2D eigenvalue weighted by Gasteiger charge is 1.98. The fourth-order valence-electron chi connectivity index (χ4n) is 1.78. The maximum Gasteiger partial charge on any atom is 0.252 e. The van der Waals surface area contributed by atoms with Gasteiger partial charge in [0.1, 0.15) is 5.75 Å². The molecule has 0 aliphatic heterocycles. The summed E-state index contributed by atoms with van der Waals surface area (Å²) in [4.78, 5) is 18.1. The molecule has 0 aliphatic rings. The molecule has 5 nitrogen and oxygen atoms in total. The molecule has 19 heavy (non-hydrogen) atoms. The Morgan fingerprint density at radius 1 is 1.32 bits per heavy atom. The molecule has 0 saturated carbocycles. The molecule has 5 heteroatoms. The van der Waals surface area contributed by atoms with E-state index in [-0.39, 0.29) is 5.56 Å². The summed E-state index contributed by atoms with van der Waals surface area (Å²) in [5, 5.41) is 3.11. The highest BCUT2D eigenvalue weighted by Crippen LogP contribution is 2.11. The molecule has 0 radical (unpaired) electrons. The number of hydrogen-bond acceptors (Lipinski definition) is 4. The average Bonchev–Trinajstić information content (AvgIpc) is 2.38. The van der Waals surface area contributed by atoms with Gasteiger partial charge in [0.25, 0.3) is 5.56 Å². The van der Waals surface area contributed by atoms with Crippen molar-refractivity contribution in [2.24, 2.45) is 0 Å². The van der Waals surface area contributed by atoms with Gasteiger partial charge in [-0.3, -0.25) is 9.78 Å². The Balaban J connectivity index is 1.90. The van der Waals surface area contributed by atoms with E-state index in [1.54, 1.807) is 14.0 Å². The van der Waals surface area contributed by atoms with Crippen molar-refractivity contribution in [3.63, 3.8) is 0 Å². The molecule has 1 aromatic heterocycles. The van der Waals surface area contributed by atoms with Crippen molar-refractivity contribution in [1.29, 1.82) is 0 Å². The molecule has 0 bridgehead atoms. The van der Waals surface area contributed by atoms with Crippen molar-refractivity contribution in [2.45, 2.75) is 13.3 Å².